The molecule has 1 amide bonds. The zero-order chi connectivity index (χ0) is 21.5. The molecule has 0 unspecified atom stereocenters. The predicted octanol–water partition coefficient (Wildman–Crippen LogP) is 4.74. The molecule has 31 heavy (non-hydrogen) atoms. The van der Waals surface area contributed by atoms with Crippen molar-refractivity contribution >= 4 is 35.1 Å². The van der Waals surface area contributed by atoms with Crippen LogP contribution in [0.3, 0.4) is 0 Å². The lowest BCUT2D eigenvalue weighted by molar-refractivity contribution is 0.0951. The van der Waals surface area contributed by atoms with Gasteiger partial charge in [0.05, 0.1) is 0 Å². The largest absolute Gasteiger partial charge is 0.356 e. The minimum atomic E-state index is -0.104. The highest BCUT2D eigenvalue weighted by Crippen LogP contribution is 2.26. The molecule has 6 nitrogen and oxygen atoms in total. The molecule has 2 aromatic heterocycles. The molecule has 4 rings (SSSR count). The summed E-state index contributed by atoms with van der Waals surface area (Å²) in [6.07, 6.45) is 7.10. The minimum absolute atomic E-state index is 0.104. The Kier molecular flexibility index (Phi) is 7.38. The first-order valence-corrected chi connectivity index (χ1v) is 11.7. The van der Waals surface area contributed by atoms with Crippen molar-refractivity contribution in [1.29, 1.82) is 0 Å². The van der Waals surface area contributed by atoms with Gasteiger partial charge in [-0.1, -0.05) is 41.6 Å². The maximum Gasteiger partial charge on any atom is 0.251 e. The van der Waals surface area contributed by atoms with E-state index in [2.05, 4.69) is 20.2 Å². The number of hydrogen-bond donors (Lipinski definition) is 1. The number of thioether (sulfide) groups is 1. The summed E-state index contributed by atoms with van der Waals surface area (Å²) in [6.45, 7) is 2.49. The van der Waals surface area contributed by atoms with Crippen LogP contribution in [0.15, 0.2) is 60.0 Å². The number of pyridine rings is 1. The highest BCUT2D eigenvalue weighted by atomic mass is 35.5. The van der Waals surface area contributed by atoms with Gasteiger partial charge < -0.3 is 10.2 Å². The summed E-state index contributed by atoms with van der Waals surface area (Å²) in [5.74, 6) is 1.51. The van der Waals surface area contributed by atoms with E-state index in [1.807, 2.05) is 42.5 Å². The molecule has 0 atom stereocenters. The van der Waals surface area contributed by atoms with E-state index in [0.717, 1.165) is 30.0 Å². The number of halogens is 1. The summed E-state index contributed by atoms with van der Waals surface area (Å²) in [7, 11) is 0. The predicted molar refractivity (Wildman–Crippen MR) is 125 cm³/mol. The lowest BCUT2D eigenvalue weighted by Crippen LogP contribution is -2.30. The Morgan fingerprint density at radius 1 is 1.06 bits per heavy atom. The quantitative estimate of drug-likeness (QED) is 0.316. The fraction of sp³-hybridized carbons (Fsp3) is 0.304. The van der Waals surface area contributed by atoms with Crippen molar-refractivity contribution < 1.29 is 4.79 Å². The summed E-state index contributed by atoms with van der Waals surface area (Å²) < 4.78 is 0. The third kappa shape index (κ3) is 6.18. The molecule has 160 valence electrons. The molecular formula is C23H24ClN5OS. The van der Waals surface area contributed by atoms with Crippen LogP contribution < -0.4 is 10.2 Å². The Morgan fingerprint density at radius 3 is 2.61 bits per heavy atom. The second kappa shape index (κ2) is 10.6. The number of nitrogens with zero attached hydrogens (tertiary/aromatic N) is 4. The smallest absolute Gasteiger partial charge is 0.251 e. The number of amides is 1. The van der Waals surface area contributed by atoms with Gasteiger partial charge in [-0.15, -0.1) is 0 Å². The van der Waals surface area contributed by atoms with Crippen molar-refractivity contribution in [3.05, 3.63) is 76.7 Å². The van der Waals surface area contributed by atoms with Gasteiger partial charge in [-0.25, -0.2) is 9.97 Å². The summed E-state index contributed by atoms with van der Waals surface area (Å²) in [5, 5.41) is 4.06. The molecule has 0 saturated carbocycles. The number of piperidine rings is 1. The lowest BCUT2D eigenvalue weighted by Gasteiger charge is -2.27. The zero-order valence-corrected chi connectivity index (χ0v) is 18.7. The van der Waals surface area contributed by atoms with E-state index >= 15 is 0 Å². The van der Waals surface area contributed by atoms with Crippen molar-refractivity contribution in [3.8, 4) is 0 Å². The fourth-order valence-electron chi connectivity index (χ4n) is 3.42. The van der Waals surface area contributed by atoms with E-state index in [0.29, 0.717) is 28.2 Å². The maximum atomic E-state index is 12.4. The average molecular weight is 454 g/mol. The van der Waals surface area contributed by atoms with Gasteiger partial charge in [0.25, 0.3) is 5.91 Å². The van der Waals surface area contributed by atoms with Crippen molar-refractivity contribution in [3.63, 3.8) is 0 Å². The normalized spacial score (nSPS) is 13.8. The van der Waals surface area contributed by atoms with E-state index < -0.39 is 0 Å². The molecule has 1 aliphatic heterocycles. The summed E-state index contributed by atoms with van der Waals surface area (Å²) in [5.41, 5.74) is 2.69. The van der Waals surface area contributed by atoms with Crippen LogP contribution in [0, 0.1) is 0 Å². The van der Waals surface area contributed by atoms with Gasteiger partial charge in [-0.3, -0.25) is 9.78 Å². The number of anilines is 1. The number of aromatic nitrogens is 3. The number of carbonyl (C=O) groups excluding carboxylic acids is 1. The number of rotatable bonds is 7. The third-order valence-electron chi connectivity index (χ3n) is 5.10. The van der Waals surface area contributed by atoms with Crippen LogP contribution in [-0.2, 0) is 12.3 Å². The second-order valence-corrected chi connectivity index (χ2v) is 8.74. The van der Waals surface area contributed by atoms with Crippen molar-refractivity contribution in [2.75, 3.05) is 18.0 Å². The molecule has 0 bridgehead atoms. The SMILES string of the molecule is O=C(NCc1cccnc1)c1ccc(CSc2nc(Cl)cc(N3CCCCC3)n2)cc1. The first kappa shape index (κ1) is 21.6. The van der Waals surface area contributed by atoms with E-state index in [-0.39, 0.29) is 5.91 Å². The molecule has 0 aliphatic carbocycles. The van der Waals surface area contributed by atoms with Crippen molar-refractivity contribution in [2.45, 2.75) is 36.7 Å². The van der Waals surface area contributed by atoms with Gasteiger partial charge >= 0.3 is 0 Å². The molecular weight excluding hydrogens is 430 g/mol. The second-order valence-electron chi connectivity index (χ2n) is 7.41. The monoisotopic (exact) mass is 453 g/mol. The van der Waals surface area contributed by atoms with Crippen molar-refractivity contribution in [1.82, 2.24) is 20.3 Å². The van der Waals surface area contributed by atoms with Gasteiger partial charge in [0, 0.05) is 49.4 Å². The lowest BCUT2D eigenvalue weighted by atomic mass is 10.1. The molecule has 0 spiro atoms. The highest BCUT2D eigenvalue weighted by molar-refractivity contribution is 7.98. The van der Waals surface area contributed by atoms with Crippen molar-refractivity contribution in [2.24, 2.45) is 0 Å². The molecule has 1 aromatic carbocycles. The molecule has 3 heterocycles. The number of carbonyl (C=O) groups is 1. The van der Waals surface area contributed by atoms with Crippen LogP contribution in [0.4, 0.5) is 5.82 Å². The standard InChI is InChI=1S/C23H24ClN5OS/c24-20-13-21(29-11-2-1-3-12-29)28-23(27-20)31-16-17-6-8-19(9-7-17)22(30)26-15-18-5-4-10-25-14-18/h4-10,13-14H,1-3,11-12,15-16H2,(H,26,30). The summed E-state index contributed by atoms with van der Waals surface area (Å²) >= 11 is 7.79. The number of nitrogens with one attached hydrogen (secondary N) is 1. The Labute approximate surface area is 191 Å². The molecule has 1 fully saturated rings. The topological polar surface area (TPSA) is 71.0 Å². The van der Waals surface area contributed by atoms with Crippen LogP contribution >= 0.6 is 23.4 Å². The molecule has 1 aliphatic rings. The van der Waals surface area contributed by atoms with Crippen LogP contribution in [-0.4, -0.2) is 33.9 Å². The van der Waals surface area contributed by atoms with Crippen LogP contribution in [0.5, 0.6) is 0 Å². The minimum Gasteiger partial charge on any atom is -0.356 e. The van der Waals surface area contributed by atoms with E-state index in [4.69, 9.17) is 16.6 Å². The Balaban J connectivity index is 1.33. The zero-order valence-electron chi connectivity index (χ0n) is 17.1. The molecule has 3 aromatic rings. The van der Waals surface area contributed by atoms with Gasteiger partial charge in [0.1, 0.15) is 11.0 Å². The Morgan fingerprint density at radius 2 is 1.87 bits per heavy atom. The molecule has 1 N–H and O–H groups in total. The van der Waals surface area contributed by atoms with Crippen LogP contribution in [0.25, 0.3) is 0 Å². The summed E-state index contributed by atoms with van der Waals surface area (Å²) in [6, 6.07) is 13.2. The van der Waals surface area contributed by atoms with E-state index in [1.54, 1.807) is 24.2 Å². The molecule has 0 radical (unpaired) electrons. The first-order valence-electron chi connectivity index (χ1n) is 10.4. The van der Waals surface area contributed by atoms with Crippen LogP contribution in [0.1, 0.15) is 40.7 Å². The fourth-order valence-corrected chi connectivity index (χ4v) is 4.46. The van der Waals surface area contributed by atoms with Gasteiger partial charge in [0.2, 0.25) is 0 Å². The third-order valence-corrected chi connectivity index (χ3v) is 6.21. The highest BCUT2D eigenvalue weighted by Gasteiger charge is 2.14. The Bertz CT molecular complexity index is 1010. The number of hydrogen-bond acceptors (Lipinski definition) is 6. The first-order chi connectivity index (χ1) is 15.2. The van der Waals surface area contributed by atoms with Gasteiger partial charge in [-0.2, -0.15) is 0 Å². The van der Waals surface area contributed by atoms with Gasteiger partial charge in [-0.05, 0) is 48.6 Å². The summed E-state index contributed by atoms with van der Waals surface area (Å²) in [4.78, 5) is 27.8. The van der Waals surface area contributed by atoms with E-state index in [9.17, 15) is 4.79 Å². The van der Waals surface area contributed by atoms with Crippen LogP contribution in [0.2, 0.25) is 5.15 Å². The average Bonchev–Trinajstić information content (AvgIpc) is 2.82. The van der Waals surface area contributed by atoms with E-state index in [1.165, 1.54) is 19.3 Å². The van der Waals surface area contributed by atoms with Gasteiger partial charge in [0.15, 0.2) is 5.16 Å². The maximum absolute atomic E-state index is 12.4. The number of benzene rings is 1. The Hall–Kier alpha value is -2.64. The molecule has 1 saturated heterocycles. The molecule has 8 heteroatoms.